The number of benzene rings is 2. The predicted octanol–water partition coefficient (Wildman–Crippen LogP) is 3.72. The molecule has 1 saturated heterocycles. The summed E-state index contributed by atoms with van der Waals surface area (Å²) in [5.41, 5.74) is -0.363. The van der Waals surface area contributed by atoms with Crippen LogP contribution in [0.3, 0.4) is 0 Å². The fraction of sp³-hybridized carbons (Fsp3) is 0.500. The van der Waals surface area contributed by atoms with Crippen LogP contribution in [0.15, 0.2) is 47.4 Å². The van der Waals surface area contributed by atoms with Crippen molar-refractivity contribution in [2.24, 2.45) is 11.8 Å². The van der Waals surface area contributed by atoms with E-state index in [9.17, 15) is 13.2 Å². The molecular formula is C22H25NO4S. The van der Waals surface area contributed by atoms with Gasteiger partial charge in [-0.1, -0.05) is 43.2 Å². The van der Waals surface area contributed by atoms with Crippen molar-refractivity contribution in [2.45, 2.75) is 55.5 Å². The van der Waals surface area contributed by atoms with Crippen molar-refractivity contribution >= 4 is 26.8 Å². The van der Waals surface area contributed by atoms with Crippen LogP contribution in [-0.4, -0.2) is 36.9 Å². The number of ether oxygens (including phenoxy) is 1. The summed E-state index contributed by atoms with van der Waals surface area (Å²) in [4.78, 5) is 13.0. The quantitative estimate of drug-likeness (QED) is 0.735. The summed E-state index contributed by atoms with van der Waals surface area (Å²) in [5, 5.41) is 1.89. The Morgan fingerprint density at radius 3 is 2.68 bits per heavy atom. The van der Waals surface area contributed by atoms with Crippen LogP contribution < -0.4 is 0 Å². The standard InChI is InChI=1S/C22H25NO4S/c1-2-27-21(24)20-19-10-6-5-9-17-14-22(17,19)23(20)28(25,26)18-12-11-15-7-3-4-8-16(15)13-18/h3-4,7-8,11-13,17,19-20H,2,5-6,9-10,14H2,1H3/t17?,19?,20-,22?/m1/s1. The SMILES string of the molecule is CCOC(=O)[C@H]1C2CCCCC3CC32N1S(=O)(=O)c1ccc2ccccc2c1. The average Bonchev–Trinajstić information content (AvgIpc) is 3.43. The van der Waals surface area contributed by atoms with Crippen LogP contribution in [0, 0.1) is 11.8 Å². The zero-order chi connectivity index (χ0) is 19.5. The molecule has 0 N–H and O–H groups in total. The molecule has 148 valence electrons. The van der Waals surface area contributed by atoms with Gasteiger partial charge in [0.1, 0.15) is 6.04 Å². The number of sulfonamides is 1. The number of esters is 1. The molecule has 3 fully saturated rings. The molecule has 1 aliphatic heterocycles. The van der Waals surface area contributed by atoms with E-state index in [1.165, 1.54) is 4.31 Å². The topological polar surface area (TPSA) is 63.7 Å². The maximum atomic E-state index is 13.7. The van der Waals surface area contributed by atoms with E-state index in [0.717, 1.165) is 42.9 Å². The van der Waals surface area contributed by atoms with E-state index in [1.807, 2.05) is 30.3 Å². The number of hydrogen-bond donors (Lipinski definition) is 0. The smallest absolute Gasteiger partial charge is 0.324 e. The van der Waals surface area contributed by atoms with Crippen molar-refractivity contribution in [1.82, 2.24) is 4.31 Å². The summed E-state index contributed by atoms with van der Waals surface area (Å²) < 4.78 is 34.2. The number of fused-ring (bicyclic) bond motifs is 1. The highest BCUT2D eigenvalue weighted by Crippen LogP contribution is 2.68. The lowest BCUT2D eigenvalue weighted by atomic mass is 9.76. The molecule has 4 atom stereocenters. The molecular weight excluding hydrogens is 374 g/mol. The molecule has 2 saturated carbocycles. The number of hydrogen-bond acceptors (Lipinski definition) is 4. The van der Waals surface area contributed by atoms with Crippen LogP contribution in [0.1, 0.15) is 39.0 Å². The minimum absolute atomic E-state index is 0.0919. The second kappa shape index (κ2) is 6.29. The van der Waals surface area contributed by atoms with E-state index in [-0.39, 0.29) is 23.0 Å². The number of rotatable bonds is 4. The third-order valence-electron chi connectivity index (χ3n) is 6.93. The lowest BCUT2D eigenvalue weighted by molar-refractivity contribution is -0.161. The van der Waals surface area contributed by atoms with Gasteiger partial charge < -0.3 is 4.74 Å². The monoisotopic (exact) mass is 399 g/mol. The van der Waals surface area contributed by atoms with Crippen molar-refractivity contribution in [3.63, 3.8) is 0 Å². The minimum atomic E-state index is -3.78. The molecule has 3 aliphatic rings. The average molecular weight is 400 g/mol. The first kappa shape index (κ1) is 18.1. The van der Waals surface area contributed by atoms with E-state index in [0.29, 0.717) is 5.92 Å². The van der Waals surface area contributed by atoms with Crippen molar-refractivity contribution in [3.8, 4) is 0 Å². The van der Waals surface area contributed by atoms with E-state index >= 15 is 0 Å². The number of carbonyl (C=O) groups excluding carboxylic acids is 1. The first-order valence-electron chi connectivity index (χ1n) is 10.2. The maximum absolute atomic E-state index is 13.7. The lowest BCUT2D eigenvalue weighted by Gasteiger charge is -2.54. The summed E-state index contributed by atoms with van der Waals surface area (Å²) >= 11 is 0. The number of nitrogens with zero attached hydrogens (tertiary/aromatic N) is 1. The predicted molar refractivity (Wildman–Crippen MR) is 106 cm³/mol. The molecule has 6 heteroatoms. The second-order valence-electron chi connectivity index (χ2n) is 8.29. The Balaban J connectivity index is 1.58. The molecule has 3 unspecified atom stereocenters. The Bertz CT molecular complexity index is 1050. The van der Waals surface area contributed by atoms with Crippen molar-refractivity contribution in [3.05, 3.63) is 42.5 Å². The van der Waals surface area contributed by atoms with Crippen LogP contribution in [0.5, 0.6) is 0 Å². The van der Waals surface area contributed by atoms with E-state index in [4.69, 9.17) is 4.74 Å². The highest BCUT2D eigenvalue weighted by molar-refractivity contribution is 7.89. The molecule has 5 rings (SSSR count). The van der Waals surface area contributed by atoms with Crippen LogP contribution in [-0.2, 0) is 19.6 Å². The maximum Gasteiger partial charge on any atom is 0.324 e. The van der Waals surface area contributed by atoms with Crippen LogP contribution >= 0.6 is 0 Å². The first-order chi connectivity index (χ1) is 13.5. The highest BCUT2D eigenvalue weighted by atomic mass is 32.2. The van der Waals surface area contributed by atoms with Gasteiger partial charge >= 0.3 is 5.97 Å². The Kier molecular flexibility index (Phi) is 4.07. The fourth-order valence-electron chi connectivity index (χ4n) is 5.65. The summed E-state index contributed by atoms with van der Waals surface area (Å²) in [5.74, 6) is 0.0743. The van der Waals surface area contributed by atoms with Crippen molar-refractivity contribution < 1.29 is 17.9 Å². The van der Waals surface area contributed by atoms with Gasteiger partial charge in [0.2, 0.25) is 10.0 Å². The van der Waals surface area contributed by atoms with Crippen molar-refractivity contribution in [1.29, 1.82) is 0 Å². The van der Waals surface area contributed by atoms with Gasteiger partial charge in [-0.2, -0.15) is 4.31 Å². The largest absolute Gasteiger partial charge is 0.465 e. The van der Waals surface area contributed by atoms with Gasteiger partial charge in [-0.05, 0) is 55.0 Å². The molecule has 1 heterocycles. The van der Waals surface area contributed by atoms with Crippen molar-refractivity contribution in [2.75, 3.05) is 6.61 Å². The normalized spacial score (nSPS) is 32.0. The third kappa shape index (κ3) is 2.40. The van der Waals surface area contributed by atoms with Gasteiger partial charge in [0, 0.05) is 11.5 Å². The zero-order valence-electron chi connectivity index (χ0n) is 16.0. The minimum Gasteiger partial charge on any atom is -0.465 e. The second-order valence-corrected chi connectivity index (χ2v) is 10.1. The molecule has 2 aromatic rings. The summed E-state index contributed by atoms with van der Waals surface area (Å²) in [6.45, 7) is 2.03. The third-order valence-corrected chi connectivity index (χ3v) is 8.86. The summed E-state index contributed by atoms with van der Waals surface area (Å²) in [7, 11) is -3.78. The molecule has 2 aliphatic carbocycles. The Morgan fingerprint density at radius 1 is 1.14 bits per heavy atom. The molecule has 1 spiro atoms. The fourth-order valence-corrected chi connectivity index (χ4v) is 7.74. The van der Waals surface area contributed by atoms with Gasteiger partial charge in [0.15, 0.2) is 0 Å². The van der Waals surface area contributed by atoms with Gasteiger partial charge in [-0.15, -0.1) is 0 Å². The first-order valence-corrected chi connectivity index (χ1v) is 11.6. The highest BCUT2D eigenvalue weighted by Gasteiger charge is 2.77. The molecule has 0 amide bonds. The van der Waals surface area contributed by atoms with E-state index in [2.05, 4.69) is 0 Å². The molecule has 28 heavy (non-hydrogen) atoms. The summed E-state index contributed by atoms with van der Waals surface area (Å²) in [6, 6.07) is 12.3. The van der Waals surface area contributed by atoms with Gasteiger partial charge in [-0.3, -0.25) is 4.79 Å². The van der Waals surface area contributed by atoms with Gasteiger partial charge in [-0.25, -0.2) is 8.42 Å². The van der Waals surface area contributed by atoms with E-state index < -0.39 is 22.0 Å². The Labute approximate surface area is 165 Å². The summed E-state index contributed by atoms with van der Waals surface area (Å²) in [6.07, 6.45) is 5.00. The molecule has 0 aromatic heterocycles. The van der Waals surface area contributed by atoms with Gasteiger partial charge in [0.05, 0.1) is 11.5 Å². The van der Waals surface area contributed by atoms with E-state index in [1.54, 1.807) is 19.1 Å². The molecule has 0 bridgehead atoms. The van der Waals surface area contributed by atoms with Gasteiger partial charge in [0.25, 0.3) is 0 Å². The van der Waals surface area contributed by atoms with Crippen LogP contribution in [0.4, 0.5) is 0 Å². The van der Waals surface area contributed by atoms with Crippen LogP contribution in [0.2, 0.25) is 0 Å². The lowest BCUT2D eigenvalue weighted by Crippen LogP contribution is -2.71. The molecule has 5 nitrogen and oxygen atoms in total. The Hall–Kier alpha value is -1.92. The van der Waals surface area contributed by atoms with Crippen LogP contribution in [0.25, 0.3) is 10.8 Å². The molecule has 2 aromatic carbocycles. The Morgan fingerprint density at radius 2 is 1.89 bits per heavy atom. The zero-order valence-corrected chi connectivity index (χ0v) is 16.8. The number of carbonyl (C=O) groups is 1. The molecule has 0 radical (unpaired) electrons.